The molecule has 0 rings (SSSR count). The number of carbonyl (C=O) groups excluding carboxylic acids is 4. The molecular weight excluding hydrogens is 430 g/mol. The zero-order valence-electron chi connectivity index (χ0n) is 17.9. The third kappa shape index (κ3) is 11.2. The molecule has 4 amide bonds. The summed E-state index contributed by atoms with van der Waals surface area (Å²) < 4.78 is 0. The summed E-state index contributed by atoms with van der Waals surface area (Å²) >= 11 is 0. The standard InChI is InChI=1S/C18H31N5O9/c1-8(2)5-9(19)15(28)23-12(7-24)17(30)21-10(3-4-14(26)27)16(29)22-11(18(31)32)6-13(20)25/h8-12,24H,3-7,19H2,1-2H3,(H2,20,25)(H,21,30)(H,22,29)(H,23,28)(H,26,27)(H,31,32). The second kappa shape index (κ2) is 13.9. The second-order valence-electron chi connectivity index (χ2n) is 7.54. The number of primary amides is 1. The SMILES string of the molecule is CC(C)CC(N)C(=O)NC(CO)C(=O)NC(CCC(=O)O)C(=O)NC(CC(N)=O)C(=O)O. The fourth-order valence-corrected chi connectivity index (χ4v) is 2.57. The van der Waals surface area contributed by atoms with Crippen LogP contribution in [-0.4, -0.2) is 81.7 Å². The molecule has 0 aliphatic rings. The number of carboxylic acid groups (broad SMARTS) is 2. The predicted molar refractivity (Wildman–Crippen MR) is 109 cm³/mol. The summed E-state index contributed by atoms with van der Waals surface area (Å²) in [5.41, 5.74) is 10.7. The van der Waals surface area contributed by atoms with Crippen molar-refractivity contribution in [1.29, 1.82) is 0 Å². The monoisotopic (exact) mass is 461 g/mol. The van der Waals surface area contributed by atoms with Crippen molar-refractivity contribution in [1.82, 2.24) is 16.0 Å². The van der Waals surface area contributed by atoms with Crippen molar-refractivity contribution in [3.8, 4) is 0 Å². The van der Waals surface area contributed by atoms with E-state index in [1.165, 1.54) is 0 Å². The molecule has 0 aromatic rings. The van der Waals surface area contributed by atoms with Gasteiger partial charge in [0, 0.05) is 6.42 Å². The molecule has 0 aliphatic carbocycles. The molecule has 0 aromatic heterocycles. The van der Waals surface area contributed by atoms with Crippen LogP contribution in [0.25, 0.3) is 0 Å². The Morgan fingerprint density at radius 2 is 1.34 bits per heavy atom. The van der Waals surface area contributed by atoms with E-state index in [4.69, 9.17) is 21.7 Å². The first-order chi connectivity index (χ1) is 14.8. The summed E-state index contributed by atoms with van der Waals surface area (Å²) in [6.07, 6.45) is -1.43. The average Bonchev–Trinajstić information content (AvgIpc) is 2.66. The fraction of sp³-hybridized carbons (Fsp3) is 0.667. The summed E-state index contributed by atoms with van der Waals surface area (Å²) in [6, 6.07) is -5.69. The highest BCUT2D eigenvalue weighted by Crippen LogP contribution is 2.04. The normalized spacial score (nSPS) is 14.5. The van der Waals surface area contributed by atoms with Crippen LogP contribution in [0.3, 0.4) is 0 Å². The molecule has 10 N–H and O–H groups in total. The molecule has 14 heteroatoms. The number of aliphatic hydroxyl groups excluding tert-OH is 1. The Bertz CT molecular complexity index is 713. The summed E-state index contributed by atoms with van der Waals surface area (Å²) in [6.45, 7) is 2.81. The second-order valence-corrected chi connectivity index (χ2v) is 7.54. The van der Waals surface area contributed by atoms with Gasteiger partial charge in [0.25, 0.3) is 0 Å². The maximum absolute atomic E-state index is 12.5. The molecular formula is C18H31N5O9. The number of hydrogen-bond donors (Lipinski definition) is 8. The number of aliphatic carboxylic acids is 2. The van der Waals surface area contributed by atoms with Crippen LogP contribution in [0.1, 0.15) is 39.5 Å². The van der Waals surface area contributed by atoms with E-state index in [2.05, 4.69) is 10.6 Å². The number of amides is 4. The molecule has 0 heterocycles. The lowest BCUT2D eigenvalue weighted by molar-refractivity contribution is -0.144. The van der Waals surface area contributed by atoms with Gasteiger partial charge in [-0.2, -0.15) is 0 Å². The molecule has 0 saturated heterocycles. The first-order valence-corrected chi connectivity index (χ1v) is 9.78. The Labute approximate surface area is 184 Å². The van der Waals surface area contributed by atoms with Crippen LogP contribution in [0.2, 0.25) is 0 Å². The molecule has 0 spiro atoms. The Balaban J connectivity index is 5.35. The van der Waals surface area contributed by atoms with Crippen LogP contribution in [0.15, 0.2) is 0 Å². The largest absolute Gasteiger partial charge is 0.481 e. The van der Waals surface area contributed by atoms with E-state index >= 15 is 0 Å². The number of aliphatic hydroxyl groups is 1. The van der Waals surface area contributed by atoms with Crippen LogP contribution in [0, 0.1) is 5.92 Å². The van der Waals surface area contributed by atoms with Crippen molar-refractivity contribution in [3.05, 3.63) is 0 Å². The first-order valence-electron chi connectivity index (χ1n) is 9.78. The highest BCUT2D eigenvalue weighted by Gasteiger charge is 2.31. The smallest absolute Gasteiger partial charge is 0.326 e. The van der Waals surface area contributed by atoms with Crippen molar-refractivity contribution in [3.63, 3.8) is 0 Å². The Morgan fingerprint density at radius 1 is 0.844 bits per heavy atom. The van der Waals surface area contributed by atoms with E-state index in [1.54, 1.807) is 0 Å². The third-order valence-electron chi connectivity index (χ3n) is 4.18. The van der Waals surface area contributed by atoms with Crippen molar-refractivity contribution in [2.45, 2.75) is 63.7 Å². The van der Waals surface area contributed by atoms with E-state index in [9.17, 15) is 33.9 Å². The van der Waals surface area contributed by atoms with Gasteiger partial charge in [-0.3, -0.25) is 24.0 Å². The van der Waals surface area contributed by atoms with Gasteiger partial charge >= 0.3 is 11.9 Å². The van der Waals surface area contributed by atoms with E-state index in [0.717, 1.165) is 0 Å². The van der Waals surface area contributed by atoms with Gasteiger partial charge in [-0.1, -0.05) is 13.8 Å². The molecule has 32 heavy (non-hydrogen) atoms. The predicted octanol–water partition coefficient (Wildman–Crippen LogP) is -3.37. The Morgan fingerprint density at radius 3 is 1.78 bits per heavy atom. The maximum atomic E-state index is 12.5. The minimum atomic E-state index is -1.70. The molecule has 0 bridgehead atoms. The number of carboxylic acids is 2. The molecule has 0 aromatic carbocycles. The minimum absolute atomic E-state index is 0.0869. The van der Waals surface area contributed by atoms with Gasteiger partial charge in [-0.15, -0.1) is 0 Å². The van der Waals surface area contributed by atoms with E-state index in [1.807, 2.05) is 19.2 Å². The molecule has 0 saturated carbocycles. The summed E-state index contributed by atoms with van der Waals surface area (Å²) in [5, 5.41) is 33.8. The summed E-state index contributed by atoms with van der Waals surface area (Å²) in [4.78, 5) is 70.1. The summed E-state index contributed by atoms with van der Waals surface area (Å²) in [5.74, 6) is -6.62. The van der Waals surface area contributed by atoms with Crippen molar-refractivity contribution < 1.29 is 44.1 Å². The molecule has 4 unspecified atom stereocenters. The van der Waals surface area contributed by atoms with Gasteiger partial charge in [0.15, 0.2) is 0 Å². The average molecular weight is 461 g/mol. The number of rotatable bonds is 15. The van der Waals surface area contributed by atoms with Crippen molar-refractivity contribution >= 4 is 35.6 Å². The van der Waals surface area contributed by atoms with Crippen LogP contribution < -0.4 is 27.4 Å². The maximum Gasteiger partial charge on any atom is 0.326 e. The Hall–Kier alpha value is -3.26. The lowest BCUT2D eigenvalue weighted by atomic mass is 10.0. The molecule has 182 valence electrons. The van der Waals surface area contributed by atoms with Gasteiger partial charge in [-0.05, 0) is 18.8 Å². The lowest BCUT2D eigenvalue weighted by Gasteiger charge is -2.24. The number of carbonyl (C=O) groups is 6. The van der Waals surface area contributed by atoms with Crippen LogP contribution in [-0.2, 0) is 28.8 Å². The van der Waals surface area contributed by atoms with E-state index in [0.29, 0.717) is 6.42 Å². The molecule has 0 aliphatic heterocycles. The topological polar surface area (TPSA) is 251 Å². The van der Waals surface area contributed by atoms with Crippen molar-refractivity contribution in [2.75, 3.05) is 6.61 Å². The zero-order valence-corrected chi connectivity index (χ0v) is 17.9. The first kappa shape index (κ1) is 28.7. The minimum Gasteiger partial charge on any atom is -0.481 e. The molecule has 4 atom stereocenters. The van der Waals surface area contributed by atoms with Crippen LogP contribution >= 0.6 is 0 Å². The van der Waals surface area contributed by atoms with Gasteiger partial charge in [-0.25, -0.2) is 4.79 Å². The van der Waals surface area contributed by atoms with Gasteiger partial charge in [0.1, 0.15) is 18.1 Å². The van der Waals surface area contributed by atoms with Crippen molar-refractivity contribution in [2.24, 2.45) is 17.4 Å². The molecule has 14 nitrogen and oxygen atoms in total. The quantitative estimate of drug-likeness (QED) is 0.120. The fourth-order valence-electron chi connectivity index (χ4n) is 2.57. The highest BCUT2D eigenvalue weighted by molar-refractivity contribution is 5.95. The lowest BCUT2D eigenvalue weighted by Crippen LogP contribution is -2.58. The van der Waals surface area contributed by atoms with E-state index in [-0.39, 0.29) is 5.92 Å². The molecule has 0 fully saturated rings. The van der Waals surface area contributed by atoms with Gasteiger partial charge in [0.2, 0.25) is 23.6 Å². The molecule has 0 radical (unpaired) electrons. The number of hydrogen-bond acceptors (Lipinski definition) is 8. The van der Waals surface area contributed by atoms with Crippen LogP contribution in [0.4, 0.5) is 0 Å². The van der Waals surface area contributed by atoms with Crippen LogP contribution in [0.5, 0.6) is 0 Å². The van der Waals surface area contributed by atoms with Gasteiger partial charge < -0.3 is 42.7 Å². The summed E-state index contributed by atoms with van der Waals surface area (Å²) in [7, 11) is 0. The Kier molecular flexibility index (Phi) is 12.5. The van der Waals surface area contributed by atoms with Gasteiger partial charge in [0.05, 0.1) is 19.1 Å². The van der Waals surface area contributed by atoms with E-state index < -0.39 is 85.6 Å². The number of nitrogens with two attached hydrogens (primary N) is 2. The highest BCUT2D eigenvalue weighted by atomic mass is 16.4. The third-order valence-corrected chi connectivity index (χ3v) is 4.18. The number of nitrogens with one attached hydrogen (secondary N) is 3. The zero-order chi connectivity index (χ0) is 25.0.